The van der Waals surface area contributed by atoms with Crippen LogP contribution >= 0.6 is 11.8 Å². The van der Waals surface area contributed by atoms with Gasteiger partial charge in [0.05, 0.1) is 17.9 Å². The highest BCUT2D eigenvalue weighted by Crippen LogP contribution is 2.47. The lowest BCUT2D eigenvalue weighted by molar-refractivity contribution is -0.119. The van der Waals surface area contributed by atoms with Gasteiger partial charge in [-0.2, -0.15) is 0 Å². The lowest BCUT2D eigenvalue weighted by Gasteiger charge is -2.32. The Morgan fingerprint density at radius 2 is 1.48 bits per heavy atom. The Morgan fingerprint density at radius 3 is 2.10 bits per heavy atom. The predicted molar refractivity (Wildman–Crippen MR) is 125 cm³/mol. The Kier molecular flexibility index (Phi) is 6.43. The number of nitrogens with two attached hydrogens (primary N) is 1. The van der Waals surface area contributed by atoms with Crippen molar-refractivity contribution < 1.29 is 9.59 Å². The van der Waals surface area contributed by atoms with Crippen LogP contribution in [0.5, 0.6) is 0 Å². The number of primary amides is 1. The molecule has 4 rings (SSSR count). The van der Waals surface area contributed by atoms with Gasteiger partial charge in [-0.25, -0.2) is 0 Å². The van der Waals surface area contributed by atoms with Crippen molar-refractivity contribution in [2.75, 3.05) is 29.9 Å². The normalized spacial score (nSPS) is 11.9. The monoisotopic (exact) mass is 432 g/mol. The Hall–Kier alpha value is -3.45. The fraction of sp³-hybridized carbons (Fsp3) is 0.167. The summed E-state index contributed by atoms with van der Waals surface area (Å²) < 4.78 is 0. The van der Waals surface area contributed by atoms with E-state index in [4.69, 9.17) is 5.73 Å². The van der Waals surface area contributed by atoms with E-state index < -0.39 is 5.91 Å². The maximum absolute atomic E-state index is 12.2. The minimum Gasteiger partial charge on any atom is -0.376 e. The minimum absolute atomic E-state index is 0.0750. The van der Waals surface area contributed by atoms with E-state index in [0.29, 0.717) is 12.1 Å². The second-order valence-electron chi connectivity index (χ2n) is 7.19. The zero-order valence-corrected chi connectivity index (χ0v) is 17.8. The first-order valence-electron chi connectivity index (χ1n) is 10.2. The number of hydrogen-bond donors (Lipinski definition) is 3. The average Bonchev–Trinajstić information content (AvgIpc) is 2.80. The van der Waals surface area contributed by atoms with Crippen molar-refractivity contribution in [3.63, 3.8) is 0 Å². The van der Waals surface area contributed by atoms with Crippen LogP contribution in [0.15, 0.2) is 82.6 Å². The van der Waals surface area contributed by atoms with Crippen LogP contribution in [0.25, 0.3) is 0 Å². The largest absolute Gasteiger partial charge is 0.376 e. The van der Waals surface area contributed by atoms with E-state index in [-0.39, 0.29) is 12.5 Å². The Balaban J connectivity index is 1.27. The van der Waals surface area contributed by atoms with Gasteiger partial charge < -0.3 is 21.3 Å². The number of nitrogens with zero attached hydrogens (tertiary/aromatic N) is 1. The van der Waals surface area contributed by atoms with Gasteiger partial charge >= 0.3 is 0 Å². The molecule has 0 saturated carbocycles. The highest BCUT2D eigenvalue weighted by Gasteiger charge is 2.22. The van der Waals surface area contributed by atoms with Crippen molar-refractivity contribution >= 4 is 40.6 Å². The molecule has 3 aromatic carbocycles. The van der Waals surface area contributed by atoms with Crippen LogP contribution in [0, 0.1) is 0 Å². The third-order valence-electron chi connectivity index (χ3n) is 5.04. The van der Waals surface area contributed by atoms with Crippen LogP contribution in [0.3, 0.4) is 0 Å². The van der Waals surface area contributed by atoms with E-state index in [1.54, 1.807) is 36.0 Å². The first-order valence-corrected chi connectivity index (χ1v) is 11.0. The summed E-state index contributed by atoms with van der Waals surface area (Å²) in [5.41, 5.74) is 8.85. The number of rotatable bonds is 8. The Morgan fingerprint density at radius 1 is 0.871 bits per heavy atom. The SMILES string of the molecule is NC(=O)c1ccc(NCC(=O)NCCCN2c3ccccc3Sc3ccccc32)cc1. The molecule has 3 aromatic rings. The maximum atomic E-state index is 12.2. The molecule has 0 radical (unpaired) electrons. The van der Waals surface area contributed by atoms with Crippen LogP contribution in [0.4, 0.5) is 17.1 Å². The van der Waals surface area contributed by atoms with Crippen molar-refractivity contribution in [3.05, 3.63) is 78.4 Å². The number of nitrogens with one attached hydrogen (secondary N) is 2. The summed E-state index contributed by atoms with van der Waals surface area (Å²) in [5, 5.41) is 6.01. The third-order valence-corrected chi connectivity index (χ3v) is 6.17. The van der Waals surface area contributed by atoms with Crippen molar-refractivity contribution in [1.29, 1.82) is 0 Å². The lowest BCUT2D eigenvalue weighted by atomic mass is 10.2. The summed E-state index contributed by atoms with van der Waals surface area (Å²) >= 11 is 1.79. The summed E-state index contributed by atoms with van der Waals surface area (Å²) in [7, 11) is 0. The number of benzene rings is 3. The molecule has 0 spiro atoms. The van der Waals surface area contributed by atoms with Gasteiger partial charge in [0.2, 0.25) is 11.8 Å². The fourth-order valence-electron chi connectivity index (χ4n) is 3.48. The van der Waals surface area contributed by atoms with E-state index in [0.717, 1.165) is 18.7 Å². The highest BCUT2D eigenvalue weighted by molar-refractivity contribution is 7.99. The number of carbonyl (C=O) groups is 2. The molecule has 7 heteroatoms. The van der Waals surface area contributed by atoms with Gasteiger partial charge in [-0.15, -0.1) is 0 Å². The molecule has 0 saturated heterocycles. The van der Waals surface area contributed by atoms with E-state index >= 15 is 0 Å². The highest BCUT2D eigenvalue weighted by atomic mass is 32.2. The molecular formula is C24H24N4O2S. The summed E-state index contributed by atoms with van der Waals surface area (Å²) in [6.07, 6.45) is 0.826. The fourth-order valence-corrected chi connectivity index (χ4v) is 4.58. The van der Waals surface area contributed by atoms with E-state index in [9.17, 15) is 9.59 Å². The van der Waals surface area contributed by atoms with Gasteiger partial charge in [-0.1, -0.05) is 36.0 Å². The lowest BCUT2D eigenvalue weighted by Crippen LogP contribution is -2.32. The van der Waals surface area contributed by atoms with Crippen LogP contribution in [-0.4, -0.2) is 31.4 Å². The molecule has 1 aliphatic heterocycles. The first-order chi connectivity index (χ1) is 15.1. The Bertz CT molecular complexity index is 1040. The molecular weight excluding hydrogens is 408 g/mol. The molecule has 158 valence electrons. The predicted octanol–water partition coefficient (Wildman–Crippen LogP) is 4.01. The zero-order valence-electron chi connectivity index (χ0n) is 17.0. The van der Waals surface area contributed by atoms with Crippen LogP contribution in [0.1, 0.15) is 16.8 Å². The molecule has 0 aromatic heterocycles. The maximum Gasteiger partial charge on any atom is 0.248 e. The molecule has 1 aliphatic rings. The van der Waals surface area contributed by atoms with E-state index in [2.05, 4.69) is 64.1 Å². The summed E-state index contributed by atoms with van der Waals surface area (Å²) in [6, 6.07) is 23.6. The number of hydrogen-bond acceptors (Lipinski definition) is 5. The first kappa shape index (κ1) is 20.8. The van der Waals surface area contributed by atoms with Crippen LogP contribution < -0.4 is 21.3 Å². The molecule has 4 N–H and O–H groups in total. The van der Waals surface area contributed by atoms with E-state index in [1.807, 2.05) is 0 Å². The molecule has 31 heavy (non-hydrogen) atoms. The minimum atomic E-state index is -0.471. The van der Waals surface area contributed by atoms with Crippen molar-refractivity contribution in [1.82, 2.24) is 5.32 Å². The van der Waals surface area contributed by atoms with Crippen LogP contribution in [0.2, 0.25) is 0 Å². The molecule has 0 unspecified atom stereocenters. The van der Waals surface area contributed by atoms with Gasteiger partial charge in [-0.3, -0.25) is 9.59 Å². The quantitative estimate of drug-likeness (QED) is 0.468. The summed E-state index contributed by atoms with van der Waals surface area (Å²) in [5.74, 6) is -0.546. The number of anilines is 3. The van der Waals surface area contributed by atoms with Crippen LogP contribution in [-0.2, 0) is 4.79 Å². The Labute approximate surface area is 185 Å². The zero-order chi connectivity index (χ0) is 21.6. The number of amides is 2. The summed E-state index contributed by atoms with van der Waals surface area (Å²) in [6.45, 7) is 1.58. The molecule has 0 aliphatic carbocycles. The molecule has 6 nitrogen and oxygen atoms in total. The molecule has 0 atom stereocenters. The summed E-state index contributed by atoms with van der Waals surface area (Å²) in [4.78, 5) is 28.1. The van der Waals surface area contributed by atoms with Gasteiger partial charge in [-0.05, 0) is 55.0 Å². The van der Waals surface area contributed by atoms with Gasteiger partial charge in [0, 0.05) is 34.1 Å². The molecule has 0 bridgehead atoms. The van der Waals surface area contributed by atoms with Crippen molar-refractivity contribution in [2.45, 2.75) is 16.2 Å². The van der Waals surface area contributed by atoms with Gasteiger partial charge in [0.1, 0.15) is 0 Å². The van der Waals surface area contributed by atoms with Crippen molar-refractivity contribution in [2.24, 2.45) is 5.73 Å². The van der Waals surface area contributed by atoms with Gasteiger partial charge in [0.25, 0.3) is 0 Å². The topological polar surface area (TPSA) is 87.5 Å². The standard InChI is InChI=1S/C24H24N4O2S/c25-24(30)17-10-12-18(13-11-17)27-16-23(29)26-14-5-15-28-19-6-1-3-8-21(19)31-22-9-4-2-7-20(22)28/h1-4,6-13,27H,5,14-16H2,(H2,25,30)(H,26,29). The van der Waals surface area contributed by atoms with Crippen molar-refractivity contribution in [3.8, 4) is 0 Å². The average molecular weight is 433 g/mol. The second-order valence-corrected chi connectivity index (χ2v) is 8.27. The number of fused-ring (bicyclic) bond motifs is 2. The smallest absolute Gasteiger partial charge is 0.248 e. The molecule has 0 fully saturated rings. The van der Waals surface area contributed by atoms with Gasteiger partial charge in [0.15, 0.2) is 0 Å². The van der Waals surface area contributed by atoms with E-state index in [1.165, 1.54) is 21.2 Å². The number of carbonyl (C=O) groups excluding carboxylic acids is 2. The molecule has 2 amide bonds. The number of para-hydroxylation sites is 2. The molecule has 1 heterocycles. The third kappa shape index (κ3) is 5.00. The second kappa shape index (κ2) is 9.57.